The van der Waals surface area contributed by atoms with Gasteiger partial charge in [-0.05, 0) is 35.4 Å². The lowest BCUT2D eigenvalue weighted by Crippen LogP contribution is -2.24. The molecule has 3 aromatic carbocycles. The molecule has 0 aliphatic heterocycles. The van der Waals surface area contributed by atoms with E-state index in [0.29, 0.717) is 5.56 Å². The molecule has 0 aliphatic carbocycles. The van der Waals surface area contributed by atoms with Crippen molar-refractivity contribution in [2.24, 2.45) is 0 Å². The monoisotopic (exact) mass is 379 g/mol. The Morgan fingerprint density at radius 2 is 1.61 bits per heavy atom. The van der Waals surface area contributed by atoms with Crippen molar-refractivity contribution in [2.45, 2.75) is 6.18 Å². The molecule has 0 aliphatic rings. The Balaban J connectivity index is 1.70. The summed E-state index contributed by atoms with van der Waals surface area (Å²) in [6.45, 7) is 0.0260. The molecule has 0 unspecified atom stereocenters. The maximum absolute atomic E-state index is 12.7. The van der Waals surface area contributed by atoms with Gasteiger partial charge in [0.15, 0.2) is 0 Å². The summed E-state index contributed by atoms with van der Waals surface area (Å²) in [7, 11) is 0. The maximum atomic E-state index is 12.7. The van der Waals surface area contributed by atoms with Crippen LogP contribution >= 0.6 is 0 Å². The van der Waals surface area contributed by atoms with E-state index in [1.165, 1.54) is 12.1 Å². The van der Waals surface area contributed by atoms with Crippen molar-refractivity contribution < 1.29 is 18.0 Å². The van der Waals surface area contributed by atoms with Gasteiger partial charge in [-0.3, -0.25) is 4.79 Å². The molecular formula is C23H16F3NO. The number of carbonyl (C=O) groups excluding carboxylic acids is 1. The fraction of sp³-hybridized carbons (Fsp3) is 0.0870. The van der Waals surface area contributed by atoms with Gasteiger partial charge >= 0.3 is 6.18 Å². The van der Waals surface area contributed by atoms with Crippen molar-refractivity contribution in [3.63, 3.8) is 0 Å². The molecule has 0 spiro atoms. The number of amides is 1. The van der Waals surface area contributed by atoms with Gasteiger partial charge in [-0.1, -0.05) is 66.4 Å². The van der Waals surface area contributed by atoms with E-state index >= 15 is 0 Å². The van der Waals surface area contributed by atoms with E-state index in [9.17, 15) is 18.0 Å². The van der Waals surface area contributed by atoms with Gasteiger partial charge in [-0.15, -0.1) is 0 Å². The third kappa shape index (κ3) is 4.80. The lowest BCUT2D eigenvalue weighted by molar-refractivity contribution is -0.137. The van der Waals surface area contributed by atoms with Crippen molar-refractivity contribution >= 4 is 5.91 Å². The standard InChI is InChI=1S/C23H16F3NO/c24-23(25,26)19-12-6-8-17(16-19)9-7-15-27-22(28)21-14-5-4-13-20(21)18-10-2-1-3-11-18/h1-6,8,10-14,16H,15H2,(H,27,28). The van der Waals surface area contributed by atoms with Crippen molar-refractivity contribution in [1.29, 1.82) is 0 Å². The van der Waals surface area contributed by atoms with Crippen LogP contribution in [0.15, 0.2) is 78.9 Å². The van der Waals surface area contributed by atoms with Crippen LogP contribution in [0.2, 0.25) is 0 Å². The second-order valence-corrected chi connectivity index (χ2v) is 5.97. The predicted molar refractivity (Wildman–Crippen MR) is 103 cm³/mol. The van der Waals surface area contributed by atoms with Crippen LogP contribution in [-0.2, 0) is 6.18 Å². The zero-order valence-electron chi connectivity index (χ0n) is 14.8. The van der Waals surface area contributed by atoms with Gasteiger partial charge in [0, 0.05) is 11.1 Å². The molecule has 0 bridgehead atoms. The van der Waals surface area contributed by atoms with Gasteiger partial charge in [0.2, 0.25) is 0 Å². The van der Waals surface area contributed by atoms with Crippen LogP contribution < -0.4 is 5.32 Å². The Bertz CT molecular complexity index is 1030. The van der Waals surface area contributed by atoms with E-state index in [0.717, 1.165) is 23.3 Å². The molecule has 0 atom stereocenters. The highest BCUT2D eigenvalue weighted by atomic mass is 19.4. The molecule has 1 amide bonds. The number of benzene rings is 3. The van der Waals surface area contributed by atoms with Gasteiger partial charge in [0.1, 0.15) is 0 Å². The van der Waals surface area contributed by atoms with Gasteiger partial charge in [-0.2, -0.15) is 13.2 Å². The average Bonchev–Trinajstić information content (AvgIpc) is 2.71. The molecule has 140 valence electrons. The molecule has 0 fully saturated rings. The summed E-state index contributed by atoms with van der Waals surface area (Å²) in [5.41, 5.74) is 1.72. The fourth-order valence-corrected chi connectivity index (χ4v) is 2.69. The summed E-state index contributed by atoms with van der Waals surface area (Å²) >= 11 is 0. The van der Waals surface area contributed by atoms with Crippen LogP contribution in [0.5, 0.6) is 0 Å². The molecule has 3 rings (SSSR count). The lowest BCUT2D eigenvalue weighted by atomic mass is 9.99. The molecule has 0 saturated heterocycles. The highest BCUT2D eigenvalue weighted by molar-refractivity contribution is 6.00. The van der Waals surface area contributed by atoms with E-state index in [2.05, 4.69) is 17.2 Å². The van der Waals surface area contributed by atoms with E-state index in [4.69, 9.17) is 0 Å². The summed E-state index contributed by atoms with van der Waals surface area (Å²) in [6.07, 6.45) is -4.41. The first-order valence-corrected chi connectivity index (χ1v) is 8.54. The van der Waals surface area contributed by atoms with E-state index in [1.54, 1.807) is 12.1 Å². The smallest absolute Gasteiger partial charge is 0.341 e. The molecular weight excluding hydrogens is 363 g/mol. The lowest BCUT2D eigenvalue weighted by Gasteiger charge is -2.09. The Kier molecular flexibility index (Phi) is 5.81. The van der Waals surface area contributed by atoms with Crippen LogP contribution in [-0.4, -0.2) is 12.5 Å². The number of hydrogen-bond acceptors (Lipinski definition) is 1. The number of carbonyl (C=O) groups is 1. The predicted octanol–water partition coefficient (Wildman–Crippen LogP) is 5.15. The summed E-state index contributed by atoms with van der Waals surface area (Å²) in [5.74, 6) is 5.04. The summed E-state index contributed by atoms with van der Waals surface area (Å²) < 4.78 is 38.2. The molecule has 3 aromatic rings. The van der Waals surface area contributed by atoms with Crippen molar-refractivity contribution in [3.05, 3.63) is 95.6 Å². The zero-order valence-corrected chi connectivity index (χ0v) is 14.8. The van der Waals surface area contributed by atoms with Crippen LogP contribution in [0.1, 0.15) is 21.5 Å². The van der Waals surface area contributed by atoms with Crippen molar-refractivity contribution in [3.8, 4) is 23.0 Å². The Morgan fingerprint density at radius 1 is 0.893 bits per heavy atom. The highest BCUT2D eigenvalue weighted by Gasteiger charge is 2.30. The quantitative estimate of drug-likeness (QED) is 0.626. The van der Waals surface area contributed by atoms with E-state index in [1.807, 2.05) is 42.5 Å². The van der Waals surface area contributed by atoms with E-state index in [-0.39, 0.29) is 18.0 Å². The van der Waals surface area contributed by atoms with Crippen molar-refractivity contribution in [2.75, 3.05) is 6.54 Å². The maximum Gasteiger partial charge on any atom is 0.416 e. The highest BCUT2D eigenvalue weighted by Crippen LogP contribution is 2.29. The summed E-state index contributed by atoms with van der Waals surface area (Å²) in [4.78, 5) is 12.5. The molecule has 5 heteroatoms. The third-order valence-corrected chi connectivity index (χ3v) is 4.02. The first-order chi connectivity index (χ1) is 13.4. The molecule has 0 aromatic heterocycles. The van der Waals surface area contributed by atoms with E-state index < -0.39 is 11.7 Å². The number of rotatable bonds is 3. The molecule has 28 heavy (non-hydrogen) atoms. The average molecular weight is 379 g/mol. The minimum atomic E-state index is -4.41. The number of nitrogens with one attached hydrogen (secondary N) is 1. The minimum Gasteiger partial charge on any atom is -0.341 e. The Hall–Kier alpha value is -3.52. The van der Waals surface area contributed by atoms with Gasteiger partial charge in [0.25, 0.3) is 5.91 Å². The van der Waals surface area contributed by atoms with Crippen molar-refractivity contribution in [1.82, 2.24) is 5.32 Å². The van der Waals surface area contributed by atoms with Crippen LogP contribution in [0.3, 0.4) is 0 Å². The molecule has 2 nitrogen and oxygen atoms in total. The largest absolute Gasteiger partial charge is 0.416 e. The van der Waals surface area contributed by atoms with Crippen LogP contribution in [0.25, 0.3) is 11.1 Å². The third-order valence-electron chi connectivity index (χ3n) is 4.02. The first-order valence-electron chi connectivity index (χ1n) is 8.54. The van der Waals surface area contributed by atoms with Crippen LogP contribution in [0, 0.1) is 11.8 Å². The number of alkyl halides is 3. The molecule has 0 heterocycles. The summed E-state index contributed by atoms with van der Waals surface area (Å²) in [5, 5.41) is 2.69. The SMILES string of the molecule is O=C(NCC#Cc1cccc(C(F)(F)F)c1)c1ccccc1-c1ccccc1. The van der Waals surface area contributed by atoms with Gasteiger partial charge < -0.3 is 5.32 Å². The first kappa shape index (κ1) is 19.2. The second kappa shape index (κ2) is 8.45. The summed E-state index contributed by atoms with van der Waals surface area (Å²) in [6, 6.07) is 21.5. The Morgan fingerprint density at radius 3 is 2.36 bits per heavy atom. The van der Waals surface area contributed by atoms with Crippen LogP contribution in [0.4, 0.5) is 13.2 Å². The second-order valence-electron chi connectivity index (χ2n) is 5.97. The number of halogens is 3. The van der Waals surface area contributed by atoms with Gasteiger partial charge in [-0.25, -0.2) is 0 Å². The Labute approximate surface area is 161 Å². The molecule has 1 N–H and O–H groups in total. The molecule has 0 saturated carbocycles. The van der Waals surface area contributed by atoms with Gasteiger partial charge in [0.05, 0.1) is 12.1 Å². The fourth-order valence-electron chi connectivity index (χ4n) is 2.69. The zero-order chi connectivity index (χ0) is 20.0. The number of hydrogen-bond donors (Lipinski definition) is 1. The molecule has 0 radical (unpaired) electrons. The normalized spacial score (nSPS) is 10.7. The topological polar surface area (TPSA) is 29.1 Å². The minimum absolute atomic E-state index is 0.0260.